The third-order valence-electron chi connectivity index (χ3n) is 5.76. The molecular formula is C26H30O. The van der Waals surface area contributed by atoms with Gasteiger partial charge in [0.05, 0.1) is 13.2 Å². The maximum Gasteiger partial charge on any atom is 0.0733 e. The molecule has 0 N–H and O–H groups in total. The van der Waals surface area contributed by atoms with Crippen molar-refractivity contribution in [1.82, 2.24) is 0 Å². The highest BCUT2D eigenvalue weighted by Gasteiger charge is 2.21. The van der Waals surface area contributed by atoms with Gasteiger partial charge in [-0.05, 0) is 55.0 Å². The fraction of sp³-hybridized carbons (Fsp3) is 0.385. The first kappa shape index (κ1) is 18.3. The van der Waals surface area contributed by atoms with Gasteiger partial charge in [0.2, 0.25) is 0 Å². The second-order valence-electron chi connectivity index (χ2n) is 9.89. The number of hydrogen-bond donors (Lipinski definition) is 0. The first-order valence-corrected chi connectivity index (χ1v) is 9.92. The van der Waals surface area contributed by atoms with Gasteiger partial charge in [0, 0.05) is 0 Å². The topological polar surface area (TPSA) is 9.23 Å². The van der Waals surface area contributed by atoms with Crippen molar-refractivity contribution in [2.24, 2.45) is 0 Å². The summed E-state index contributed by atoms with van der Waals surface area (Å²) >= 11 is 0. The van der Waals surface area contributed by atoms with Crippen LogP contribution in [0, 0.1) is 0 Å². The van der Waals surface area contributed by atoms with Crippen LogP contribution in [0.1, 0.15) is 63.8 Å². The molecule has 4 rings (SSSR count). The molecule has 3 aromatic carbocycles. The molecule has 0 bridgehead atoms. The molecule has 0 spiro atoms. The molecule has 0 unspecified atom stereocenters. The van der Waals surface area contributed by atoms with E-state index in [1.54, 1.807) is 0 Å². The monoisotopic (exact) mass is 358 g/mol. The van der Waals surface area contributed by atoms with Gasteiger partial charge in [-0.1, -0.05) is 90.1 Å². The lowest BCUT2D eigenvalue weighted by molar-refractivity contribution is 0.110. The van der Waals surface area contributed by atoms with Crippen molar-refractivity contribution in [1.29, 1.82) is 0 Å². The lowest BCUT2D eigenvalue weighted by Gasteiger charge is -2.21. The van der Waals surface area contributed by atoms with E-state index in [9.17, 15) is 0 Å². The third-order valence-corrected chi connectivity index (χ3v) is 5.76. The highest BCUT2D eigenvalue weighted by atomic mass is 16.5. The summed E-state index contributed by atoms with van der Waals surface area (Å²) in [5, 5.41) is 2.62. The fourth-order valence-corrected chi connectivity index (χ4v) is 3.97. The number of rotatable bonds is 0. The molecule has 0 aliphatic carbocycles. The molecule has 0 radical (unpaired) electrons. The molecule has 1 heteroatoms. The van der Waals surface area contributed by atoms with E-state index < -0.39 is 0 Å². The Balaban J connectivity index is 1.89. The molecule has 1 aliphatic heterocycles. The van der Waals surface area contributed by atoms with Gasteiger partial charge in [-0.2, -0.15) is 0 Å². The summed E-state index contributed by atoms with van der Waals surface area (Å²) in [6.07, 6.45) is 0. The quantitative estimate of drug-likeness (QED) is 0.415. The standard InChI is InChI=1S/C26H30O/c1-25(2,3)19-8-11-21-17(13-19)7-10-23-22-12-9-20(26(4,5)6)14-18(22)15-27-16-24(21)23/h7-14H,15-16H2,1-6H3. The molecule has 27 heavy (non-hydrogen) atoms. The van der Waals surface area contributed by atoms with E-state index in [0.717, 1.165) is 0 Å². The molecule has 140 valence electrons. The van der Waals surface area contributed by atoms with Gasteiger partial charge in [-0.25, -0.2) is 0 Å². The Bertz CT molecular complexity index is 1010. The third kappa shape index (κ3) is 3.30. The minimum absolute atomic E-state index is 0.150. The second-order valence-corrected chi connectivity index (χ2v) is 9.89. The van der Waals surface area contributed by atoms with Crippen LogP contribution in [0.5, 0.6) is 0 Å². The Kier molecular flexibility index (Phi) is 4.20. The summed E-state index contributed by atoms with van der Waals surface area (Å²) in [4.78, 5) is 0. The highest BCUT2D eigenvalue weighted by molar-refractivity contribution is 5.93. The Morgan fingerprint density at radius 2 is 1.30 bits per heavy atom. The Morgan fingerprint density at radius 1 is 0.667 bits per heavy atom. The van der Waals surface area contributed by atoms with Crippen LogP contribution in [-0.2, 0) is 28.8 Å². The van der Waals surface area contributed by atoms with Crippen LogP contribution in [0.15, 0.2) is 48.5 Å². The molecule has 1 aliphatic rings. The van der Waals surface area contributed by atoms with E-state index in [1.807, 2.05) is 0 Å². The smallest absolute Gasteiger partial charge is 0.0733 e. The molecule has 0 fully saturated rings. The molecule has 0 atom stereocenters. The van der Waals surface area contributed by atoms with Crippen molar-refractivity contribution in [3.8, 4) is 11.1 Å². The van der Waals surface area contributed by atoms with Gasteiger partial charge in [-0.15, -0.1) is 0 Å². The van der Waals surface area contributed by atoms with Crippen molar-refractivity contribution in [2.45, 2.75) is 65.6 Å². The van der Waals surface area contributed by atoms with Crippen LogP contribution in [0.3, 0.4) is 0 Å². The van der Waals surface area contributed by atoms with Crippen molar-refractivity contribution >= 4 is 10.8 Å². The Labute approximate surface area is 163 Å². The van der Waals surface area contributed by atoms with Crippen molar-refractivity contribution in [3.05, 3.63) is 70.8 Å². The second kappa shape index (κ2) is 6.21. The van der Waals surface area contributed by atoms with Gasteiger partial charge in [0.1, 0.15) is 0 Å². The minimum atomic E-state index is 0.150. The summed E-state index contributed by atoms with van der Waals surface area (Å²) in [5.41, 5.74) is 8.30. The van der Waals surface area contributed by atoms with Gasteiger partial charge in [0.15, 0.2) is 0 Å². The molecule has 0 saturated heterocycles. The average molecular weight is 359 g/mol. The Morgan fingerprint density at radius 3 is 2.00 bits per heavy atom. The van der Waals surface area contributed by atoms with Crippen molar-refractivity contribution < 1.29 is 4.74 Å². The minimum Gasteiger partial charge on any atom is -0.372 e. The highest BCUT2D eigenvalue weighted by Crippen LogP contribution is 2.38. The van der Waals surface area contributed by atoms with Crippen molar-refractivity contribution in [3.63, 3.8) is 0 Å². The maximum absolute atomic E-state index is 6.12. The van der Waals surface area contributed by atoms with E-state index in [4.69, 9.17) is 4.74 Å². The predicted octanol–water partition coefficient (Wildman–Crippen LogP) is 7.13. The zero-order valence-electron chi connectivity index (χ0n) is 17.4. The number of hydrogen-bond acceptors (Lipinski definition) is 1. The molecule has 0 amide bonds. The van der Waals surface area contributed by atoms with Crippen LogP contribution >= 0.6 is 0 Å². The summed E-state index contributed by atoms with van der Waals surface area (Å²) in [7, 11) is 0. The summed E-state index contributed by atoms with van der Waals surface area (Å²) in [6, 6.07) is 18.4. The van der Waals surface area contributed by atoms with Gasteiger partial charge in [-0.3, -0.25) is 0 Å². The summed E-state index contributed by atoms with van der Waals surface area (Å²) in [5.74, 6) is 0. The Hall–Kier alpha value is -2.12. The lowest BCUT2D eigenvalue weighted by Crippen LogP contribution is -2.11. The number of fused-ring (bicyclic) bond motifs is 5. The van der Waals surface area contributed by atoms with Crippen LogP contribution in [0.25, 0.3) is 21.9 Å². The zero-order valence-corrected chi connectivity index (χ0v) is 17.4. The van der Waals surface area contributed by atoms with Crippen LogP contribution in [-0.4, -0.2) is 0 Å². The van der Waals surface area contributed by atoms with Crippen LogP contribution in [0.4, 0.5) is 0 Å². The van der Waals surface area contributed by atoms with E-state index in [-0.39, 0.29) is 10.8 Å². The van der Waals surface area contributed by atoms with Crippen LogP contribution in [0.2, 0.25) is 0 Å². The van der Waals surface area contributed by atoms with E-state index in [1.165, 1.54) is 44.2 Å². The molecule has 3 aromatic rings. The number of ether oxygens (including phenoxy) is 1. The molecule has 0 aromatic heterocycles. The lowest BCUT2D eigenvalue weighted by atomic mass is 9.83. The summed E-state index contributed by atoms with van der Waals surface area (Å²) < 4.78 is 6.12. The average Bonchev–Trinajstić information content (AvgIpc) is 2.78. The number of benzene rings is 3. The fourth-order valence-electron chi connectivity index (χ4n) is 3.97. The first-order chi connectivity index (χ1) is 12.6. The van der Waals surface area contributed by atoms with E-state index >= 15 is 0 Å². The first-order valence-electron chi connectivity index (χ1n) is 9.92. The maximum atomic E-state index is 6.12. The van der Waals surface area contributed by atoms with E-state index in [0.29, 0.717) is 13.2 Å². The van der Waals surface area contributed by atoms with Gasteiger partial charge < -0.3 is 4.74 Å². The predicted molar refractivity (Wildman–Crippen MR) is 115 cm³/mol. The molecule has 1 nitrogen and oxygen atoms in total. The SMILES string of the molecule is CC(C)(C)c1ccc2c(c1)COCc1c-2ccc2cc(C(C)(C)C)ccc12. The van der Waals surface area contributed by atoms with Crippen molar-refractivity contribution in [2.75, 3.05) is 0 Å². The summed E-state index contributed by atoms with van der Waals surface area (Å²) in [6.45, 7) is 14.9. The molecular weight excluding hydrogens is 328 g/mol. The zero-order chi connectivity index (χ0) is 19.4. The van der Waals surface area contributed by atoms with Gasteiger partial charge >= 0.3 is 0 Å². The van der Waals surface area contributed by atoms with E-state index in [2.05, 4.69) is 90.1 Å². The normalized spacial score (nSPS) is 14.6. The molecule has 0 saturated carbocycles. The largest absolute Gasteiger partial charge is 0.372 e. The van der Waals surface area contributed by atoms with Gasteiger partial charge in [0.25, 0.3) is 0 Å². The molecule has 1 heterocycles. The van der Waals surface area contributed by atoms with Crippen LogP contribution < -0.4 is 0 Å².